The number of ether oxygens (including phenoxy) is 1. The lowest BCUT2D eigenvalue weighted by Crippen LogP contribution is -2.17. The Kier molecular flexibility index (Phi) is 4.23. The molecular formula is C11H10F3IO. The second-order valence-electron chi connectivity index (χ2n) is 3.26. The van der Waals surface area contributed by atoms with Gasteiger partial charge in [0.1, 0.15) is 5.75 Å². The molecule has 0 spiro atoms. The van der Waals surface area contributed by atoms with Crippen molar-refractivity contribution in [3.05, 3.63) is 40.0 Å². The highest BCUT2D eigenvalue weighted by atomic mass is 127. The van der Waals surface area contributed by atoms with Gasteiger partial charge in [0.25, 0.3) is 0 Å². The molecule has 0 aliphatic rings. The maximum Gasteiger partial charge on any atom is 0.573 e. The van der Waals surface area contributed by atoms with E-state index in [4.69, 9.17) is 0 Å². The predicted octanol–water partition coefficient (Wildman–Crippen LogP) is 4.48. The average molecular weight is 342 g/mol. The van der Waals surface area contributed by atoms with Crippen LogP contribution < -0.4 is 4.74 Å². The number of hydrogen-bond donors (Lipinski definition) is 0. The van der Waals surface area contributed by atoms with E-state index in [1.807, 2.05) is 6.92 Å². The van der Waals surface area contributed by atoms with Gasteiger partial charge in [0.15, 0.2) is 0 Å². The Morgan fingerprint density at radius 1 is 1.44 bits per heavy atom. The second kappa shape index (κ2) is 5.07. The van der Waals surface area contributed by atoms with Gasteiger partial charge in [0, 0.05) is 3.57 Å². The first-order chi connectivity index (χ1) is 7.33. The summed E-state index contributed by atoms with van der Waals surface area (Å²) in [7, 11) is 0. The van der Waals surface area contributed by atoms with E-state index >= 15 is 0 Å². The van der Waals surface area contributed by atoms with Gasteiger partial charge in [-0.2, -0.15) is 0 Å². The fraction of sp³-hybridized carbons (Fsp3) is 0.273. The highest BCUT2D eigenvalue weighted by Crippen LogP contribution is 2.29. The van der Waals surface area contributed by atoms with E-state index in [2.05, 4.69) is 33.9 Å². The van der Waals surface area contributed by atoms with Gasteiger partial charge < -0.3 is 4.74 Å². The lowest BCUT2D eigenvalue weighted by atomic mass is 10.0. The molecular weight excluding hydrogens is 332 g/mol. The Morgan fingerprint density at radius 3 is 2.56 bits per heavy atom. The lowest BCUT2D eigenvalue weighted by Gasteiger charge is -2.13. The first kappa shape index (κ1) is 13.3. The monoisotopic (exact) mass is 342 g/mol. The van der Waals surface area contributed by atoms with E-state index in [-0.39, 0.29) is 11.7 Å². The van der Waals surface area contributed by atoms with Crippen LogP contribution in [0.2, 0.25) is 0 Å². The maximum atomic E-state index is 12.0. The molecule has 1 rings (SSSR count). The smallest absolute Gasteiger partial charge is 0.406 e. The first-order valence-corrected chi connectivity index (χ1v) is 5.59. The van der Waals surface area contributed by atoms with E-state index in [9.17, 15) is 13.2 Å². The summed E-state index contributed by atoms with van der Waals surface area (Å²) in [6.45, 7) is 5.48. The quantitative estimate of drug-likeness (QED) is 0.581. The number of rotatable bonds is 3. The van der Waals surface area contributed by atoms with Crippen LogP contribution in [0.3, 0.4) is 0 Å². The van der Waals surface area contributed by atoms with Crippen LogP contribution in [0.4, 0.5) is 13.2 Å². The molecule has 0 bridgehead atoms. The van der Waals surface area contributed by atoms with Gasteiger partial charge in [-0.25, -0.2) is 0 Å². The van der Waals surface area contributed by atoms with Crippen molar-refractivity contribution in [1.29, 1.82) is 0 Å². The average Bonchev–Trinajstić information content (AvgIpc) is 2.18. The molecule has 1 unspecified atom stereocenters. The van der Waals surface area contributed by atoms with Crippen molar-refractivity contribution < 1.29 is 17.9 Å². The molecule has 0 aliphatic carbocycles. The van der Waals surface area contributed by atoms with Crippen molar-refractivity contribution in [2.75, 3.05) is 0 Å². The Morgan fingerprint density at radius 2 is 2.06 bits per heavy atom. The molecule has 0 saturated heterocycles. The Hall–Kier alpha value is -0.720. The minimum Gasteiger partial charge on any atom is -0.406 e. The van der Waals surface area contributed by atoms with Crippen LogP contribution in [0.1, 0.15) is 18.4 Å². The molecule has 0 radical (unpaired) electrons. The van der Waals surface area contributed by atoms with Crippen LogP contribution in [0.15, 0.2) is 30.9 Å². The largest absolute Gasteiger partial charge is 0.573 e. The highest BCUT2D eigenvalue weighted by molar-refractivity contribution is 14.1. The van der Waals surface area contributed by atoms with Crippen LogP contribution in [0, 0.1) is 3.57 Å². The zero-order valence-electron chi connectivity index (χ0n) is 8.51. The van der Waals surface area contributed by atoms with E-state index in [0.717, 1.165) is 9.13 Å². The van der Waals surface area contributed by atoms with E-state index in [0.29, 0.717) is 0 Å². The maximum absolute atomic E-state index is 12.0. The molecule has 0 aliphatic heterocycles. The van der Waals surface area contributed by atoms with E-state index < -0.39 is 6.36 Å². The number of allylic oxidation sites excluding steroid dienone is 1. The normalized spacial score (nSPS) is 13.3. The summed E-state index contributed by atoms with van der Waals surface area (Å²) in [5.41, 5.74) is 0.775. The molecule has 1 aromatic rings. The minimum absolute atomic E-state index is 0.0105. The van der Waals surface area contributed by atoms with Gasteiger partial charge in [-0.05, 0) is 52.3 Å². The van der Waals surface area contributed by atoms with Crippen LogP contribution in [0.25, 0.3) is 0 Å². The number of benzene rings is 1. The zero-order chi connectivity index (χ0) is 12.3. The molecule has 0 heterocycles. The van der Waals surface area contributed by atoms with Gasteiger partial charge >= 0.3 is 6.36 Å². The van der Waals surface area contributed by atoms with Crippen LogP contribution in [-0.2, 0) is 0 Å². The van der Waals surface area contributed by atoms with Gasteiger partial charge in [-0.15, -0.1) is 19.8 Å². The highest BCUT2D eigenvalue weighted by Gasteiger charge is 2.31. The minimum atomic E-state index is -4.65. The summed E-state index contributed by atoms with van der Waals surface area (Å²) in [4.78, 5) is 0. The molecule has 0 amide bonds. The van der Waals surface area contributed by atoms with E-state index in [1.54, 1.807) is 12.1 Å². The van der Waals surface area contributed by atoms with Crippen molar-refractivity contribution in [3.8, 4) is 5.75 Å². The third kappa shape index (κ3) is 3.70. The topological polar surface area (TPSA) is 9.23 Å². The van der Waals surface area contributed by atoms with Crippen LogP contribution in [-0.4, -0.2) is 6.36 Å². The Balaban J connectivity index is 3.03. The van der Waals surface area contributed by atoms with Crippen molar-refractivity contribution in [3.63, 3.8) is 0 Å². The van der Waals surface area contributed by atoms with Crippen molar-refractivity contribution in [2.24, 2.45) is 0 Å². The van der Waals surface area contributed by atoms with Crippen LogP contribution in [0.5, 0.6) is 5.75 Å². The van der Waals surface area contributed by atoms with Crippen LogP contribution >= 0.6 is 22.6 Å². The Labute approximate surface area is 105 Å². The number of alkyl halides is 3. The summed E-state index contributed by atoms with van der Waals surface area (Å²) in [6, 6.07) is 4.28. The molecule has 0 N–H and O–H groups in total. The van der Waals surface area contributed by atoms with Gasteiger partial charge in [-0.3, -0.25) is 0 Å². The van der Waals surface area contributed by atoms with Gasteiger partial charge in [0.2, 0.25) is 0 Å². The van der Waals surface area contributed by atoms with Crippen molar-refractivity contribution >= 4 is 22.6 Å². The van der Waals surface area contributed by atoms with Crippen molar-refractivity contribution in [1.82, 2.24) is 0 Å². The summed E-state index contributed by atoms with van der Waals surface area (Å²) in [6.07, 6.45) is -2.98. The molecule has 16 heavy (non-hydrogen) atoms. The third-order valence-corrected chi connectivity index (χ3v) is 3.03. The third-order valence-electron chi connectivity index (χ3n) is 2.05. The van der Waals surface area contributed by atoms with Gasteiger partial charge in [0.05, 0.1) is 0 Å². The predicted molar refractivity (Wildman–Crippen MR) is 64.5 cm³/mol. The second-order valence-corrected chi connectivity index (χ2v) is 4.42. The SMILES string of the molecule is C=CC(C)c1cc(OC(F)(F)F)ccc1I. The summed E-state index contributed by atoms with van der Waals surface area (Å²) < 4.78 is 40.8. The fourth-order valence-electron chi connectivity index (χ4n) is 1.19. The molecule has 0 saturated carbocycles. The first-order valence-electron chi connectivity index (χ1n) is 4.51. The summed E-state index contributed by atoms with van der Waals surface area (Å²) in [5, 5.41) is 0. The van der Waals surface area contributed by atoms with Crippen molar-refractivity contribution in [2.45, 2.75) is 19.2 Å². The number of halogens is 4. The molecule has 1 nitrogen and oxygen atoms in total. The summed E-state index contributed by atoms with van der Waals surface area (Å²) in [5.74, 6) is -0.208. The molecule has 0 aromatic heterocycles. The molecule has 1 atom stereocenters. The molecule has 1 aromatic carbocycles. The fourth-order valence-corrected chi connectivity index (χ4v) is 2.02. The lowest BCUT2D eigenvalue weighted by molar-refractivity contribution is -0.274. The molecule has 0 fully saturated rings. The molecule has 5 heteroatoms. The number of hydrogen-bond acceptors (Lipinski definition) is 1. The van der Waals surface area contributed by atoms with E-state index in [1.165, 1.54) is 12.1 Å². The standard InChI is InChI=1S/C11H10F3IO/c1-3-7(2)9-6-8(4-5-10(9)15)16-11(12,13)14/h3-7H,1H2,2H3. The zero-order valence-corrected chi connectivity index (χ0v) is 10.7. The van der Waals surface area contributed by atoms with Gasteiger partial charge in [-0.1, -0.05) is 13.0 Å². The molecule has 88 valence electrons. The Bertz CT molecular complexity index is 387. The summed E-state index contributed by atoms with van der Waals surface area (Å²) >= 11 is 2.07.